The van der Waals surface area contributed by atoms with Gasteiger partial charge in [0, 0.05) is 11.7 Å². The zero-order valence-electron chi connectivity index (χ0n) is 9.29. The highest BCUT2D eigenvalue weighted by Crippen LogP contribution is 2.48. The van der Waals surface area contributed by atoms with Crippen molar-refractivity contribution in [2.24, 2.45) is 5.92 Å². The minimum Gasteiger partial charge on any atom is -0.490 e. The number of hydrogen-bond acceptors (Lipinski definition) is 2. The molecule has 0 aromatic heterocycles. The molecule has 0 N–H and O–H groups in total. The molecule has 2 rings (SSSR count). The molecule has 2 unspecified atom stereocenters. The summed E-state index contributed by atoms with van der Waals surface area (Å²) in [6.45, 7) is 1.70. The van der Waals surface area contributed by atoms with E-state index in [9.17, 15) is 13.2 Å². The van der Waals surface area contributed by atoms with E-state index in [0.717, 1.165) is 5.56 Å². The van der Waals surface area contributed by atoms with Gasteiger partial charge in [0.05, 0.1) is 12.5 Å². The van der Waals surface area contributed by atoms with Crippen LogP contribution in [-0.2, 0) is 0 Å². The zero-order chi connectivity index (χ0) is 12.6. The summed E-state index contributed by atoms with van der Waals surface area (Å²) in [5.74, 6) is -3.93. The molecule has 5 heteroatoms. The average molecular weight is 262 g/mol. The Bertz CT molecular complexity index is 420. The minimum absolute atomic E-state index is 0.0195. The lowest BCUT2D eigenvalue weighted by molar-refractivity contribution is 0.0850. The van der Waals surface area contributed by atoms with Gasteiger partial charge in [0.15, 0.2) is 11.6 Å². The number of ether oxygens (including phenoxy) is 1. The molecule has 0 bridgehead atoms. The summed E-state index contributed by atoms with van der Waals surface area (Å²) in [7, 11) is 0. The van der Waals surface area contributed by atoms with Crippen molar-refractivity contribution in [3.63, 3.8) is 0 Å². The molecule has 0 spiro atoms. The molecule has 1 aromatic rings. The van der Waals surface area contributed by atoms with Crippen molar-refractivity contribution >= 4 is 12.6 Å². The molecular weight excluding hydrogens is 249 g/mol. The van der Waals surface area contributed by atoms with Crippen LogP contribution in [0.25, 0.3) is 0 Å². The quantitative estimate of drug-likeness (QED) is 0.811. The van der Waals surface area contributed by atoms with Crippen LogP contribution in [0.4, 0.5) is 13.2 Å². The third-order valence-electron chi connectivity index (χ3n) is 2.83. The van der Waals surface area contributed by atoms with Crippen LogP contribution in [0.1, 0.15) is 24.2 Å². The molecule has 1 aliphatic carbocycles. The summed E-state index contributed by atoms with van der Waals surface area (Å²) in [6, 6.07) is 4.38. The molecule has 0 aliphatic heterocycles. The first-order valence-electron chi connectivity index (χ1n) is 5.38. The molecule has 1 aliphatic rings. The maximum absolute atomic E-state index is 13.4. The fraction of sp³-hybridized carbons (Fsp3) is 0.500. The number of rotatable bonds is 4. The van der Waals surface area contributed by atoms with E-state index >= 15 is 0 Å². The van der Waals surface area contributed by atoms with Gasteiger partial charge in [-0.05, 0) is 24.6 Å². The van der Waals surface area contributed by atoms with Crippen molar-refractivity contribution < 1.29 is 17.9 Å². The Hall–Kier alpha value is -0.840. The molecule has 2 atom stereocenters. The lowest BCUT2D eigenvalue weighted by Crippen LogP contribution is -2.07. The van der Waals surface area contributed by atoms with E-state index in [4.69, 9.17) is 4.74 Å². The van der Waals surface area contributed by atoms with Gasteiger partial charge in [0.2, 0.25) is 0 Å². The van der Waals surface area contributed by atoms with Gasteiger partial charge < -0.3 is 4.74 Å². The van der Waals surface area contributed by atoms with Gasteiger partial charge in [0.1, 0.15) is 0 Å². The second kappa shape index (κ2) is 4.44. The zero-order valence-corrected chi connectivity index (χ0v) is 10.2. The van der Waals surface area contributed by atoms with Crippen LogP contribution in [0.15, 0.2) is 18.2 Å². The van der Waals surface area contributed by atoms with Gasteiger partial charge in [-0.15, -0.1) is 0 Å². The number of thiol groups is 1. The Labute approximate surface area is 103 Å². The van der Waals surface area contributed by atoms with E-state index in [1.807, 2.05) is 6.92 Å². The summed E-state index contributed by atoms with van der Waals surface area (Å²) < 4.78 is 43.7. The van der Waals surface area contributed by atoms with E-state index in [2.05, 4.69) is 12.6 Å². The molecule has 0 radical (unpaired) electrons. The van der Waals surface area contributed by atoms with Crippen LogP contribution in [-0.4, -0.2) is 12.5 Å². The van der Waals surface area contributed by atoms with E-state index < -0.39 is 17.7 Å². The van der Waals surface area contributed by atoms with Gasteiger partial charge in [-0.1, -0.05) is 6.07 Å². The molecule has 17 heavy (non-hydrogen) atoms. The van der Waals surface area contributed by atoms with Gasteiger partial charge >= 0.3 is 0 Å². The van der Waals surface area contributed by atoms with Gasteiger partial charge in [-0.3, -0.25) is 0 Å². The van der Waals surface area contributed by atoms with Crippen molar-refractivity contribution in [3.8, 4) is 5.75 Å². The number of alkyl halides is 2. The van der Waals surface area contributed by atoms with Gasteiger partial charge in [-0.2, -0.15) is 12.6 Å². The normalized spacial score (nSPS) is 23.2. The number of hydrogen-bond donors (Lipinski definition) is 1. The molecule has 94 valence electrons. The highest BCUT2D eigenvalue weighted by atomic mass is 32.1. The van der Waals surface area contributed by atoms with Crippen LogP contribution in [0.3, 0.4) is 0 Å². The third kappa shape index (κ3) is 2.89. The Morgan fingerprint density at radius 2 is 2.18 bits per heavy atom. The van der Waals surface area contributed by atoms with E-state index in [1.54, 1.807) is 6.07 Å². The Kier molecular flexibility index (Phi) is 3.30. The topological polar surface area (TPSA) is 9.23 Å². The summed E-state index contributed by atoms with van der Waals surface area (Å²) in [5, 5.41) is -0.0553. The van der Waals surface area contributed by atoms with Crippen LogP contribution in [0, 0.1) is 11.7 Å². The summed E-state index contributed by atoms with van der Waals surface area (Å²) in [5.41, 5.74) is 0.798. The Balaban J connectivity index is 2.02. The van der Waals surface area contributed by atoms with Crippen LogP contribution in [0.5, 0.6) is 5.75 Å². The molecule has 0 saturated heterocycles. The SMILES string of the molecule is CC(S)c1ccc(F)c(OCC2CC2(F)F)c1. The Morgan fingerprint density at radius 3 is 2.71 bits per heavy atom. The third-order valence-corrected chi connectivity index (χ3v) is 3.13. The van der Waals surface area contributed by atoms with Crippen LogP contribution >= 0.6 is 12.6 Å². The molecule has 1 nitrogen and oxygen atoms in total. The summed E-state index contributed by atoms with van der Waals surface area (Å²) >= 11 is 4.22. The standard InChI is InChI=1S/C12H13F3OS/c1-7(17)8-2-3-10(13)11(4-8)16-6-9-5-12(9,14)15/h2-4,7,9,17H,5-6H2,1H3. The molecule has 0 heterocycles. The van der Waals surface area contributed by atoms with E-state index in [0.29, 0.717) is 0 Å². The van der Waals surface area contributed by atoms with Crippen molar-refractivity contribution in [1.29, 1.82) is 0 Å². The van der Waals surface area contributed by atoms with Gasteiger partial charge in [0.25, 0.3) is 5.92 Å². The first-order valence-corrected chi connectivity index (χ1v) is 5.90. The lowest BCUT2D eigenvalue weighted by atomic mass is 10.1. The molecule has 1 aromatic carbocycles. The maximum atomic E-state index is 13.4. The van der Waals surface area contributed by atoms with Crippen LogP contribution in [0.2, 0.25) is 0 Å². The minimum atomic E-state index is -2.63. The fourth-order valence-electron chi connectivity index (χ4n) is 1.53. The fourth-order valence-corrected chi connectivity index (χ4v) is 1.69. The van der Waals surface area contributed by atoms with Crippen molar-refractivity contribution in [3.05, 3.63) is 29.6 Å². The maximum Gasteiger partial charge on any atom is 0.255 e. The monoisotopic (exact) mass is 262 g/mol. The van der Waals surface area contributed by atoms with Crippen LogP contribution < -0.4 is 4.74 Å². The molecule has 1 fully saturated rings. The van der Waals surface area contributed by atoms with Crippen molar-refractivity contribution in [1.82, 2.24) is 0 Å². The second-order valence-corrected chi connectivity index (χ2v) is 5.11. The predicted molar refractivity (Wildman–Crippen MR) is 62.4 cm³/mol. The highest BCUT2D eigenvalue weighted by molar-refractivity contribution is 7.80. The first-order chi connectivity index (χ1) is 7.90. The van der Waals surface area contributed by atoms with Crippen molar-refractivity contribution in [2.75, 3.05) is 6.61 Å². The smallest absolute Gasteiger partial charge is 0.255 e. The summed E-state index contributed by atoms with van der Waals surface area (Å²) in [6.07, 6.45) is -0.169. The number of benzene rings is 1. The summed E-state index contributed by atoms with van der Waals surface area (Å²) in [4.78, 5) is 0. The van der Waals surface area contributed by atoms with E-state index in [-0.39, 0.29) is 24.0 Å². The average Bonchev–Trinajstić information content (AvgIpc) is 2.85. The Morgan fingerprint density at radius 1 is 1.53 bits per heavy atom. The molecule has 0 amide bonds. The largest absolute Gasteiger partial charge is 0.490 e. The lowest BCUT2D eigenvalue weighted by Gasteiger charge is -2.10. The first kappa shape index (κ1) is 12.6. The molecule has 1 saturated carbocycles. The van der Waals surface area contributed by atoms with Crippen molar-refractivity contribution in [2.45, 2.75) is 24.5 Å². The number of halogens is 3. The predicted octanol–water partition coefficient (Wildman–Crippen LogP) is 3.85. The second-order valence-electron chi connectivity index (χ2n) is 4.34. The van der Waals surface area contributed by atoms with E-state index in [1.165, 1.54) is 12.1 Å². The van der Waals surface area contributed by atoms with Gasteiger partial charge in [-0.25, -0.2) is 13.2 Å². The highest BCUT2D eigenvalue weighted by Gasteiger charge is 2.57. The molecular formula is C12H13F3OS.